The average Bonchev–Trinajstić information content (AvgIpc) is 3.17. The molecule has 26 heavy (non-hydrogen) atoms. The maximum Gasteiger partial charge on any atom is 0.106 e. The number of rotatable bonds is 2. The molecule has 5 rings (SSSR count). The molecule has 0 saturated heterocycles. The Morgan fingerprint density at radius 3 is 2.77 bits per heavy atom. The average molecular weight is 402 g/mol. The van der Waals surface area contributed by atoms with Crippen molar-refractivity contribution in [2.75, 3.05) is 0 Å². The smallest absolute Gasteiger partial charge is 0.106 e. The Hall–Kier alpha value is -2.19. The number of hydrogen-bond acceptors (Lipinski definition) is 1. The minimum absolute atomic E-state index is 0.396. The third kappa shape index (κ3) is 2.47. The molecular formula is C24H20BrN. The van der Waals surface area contributed by atoms with Crippen LogP contribution < -0.4 is 0 Å². The van der Waals surface area contributed by atoms with E-state index in [9.17, 15) is 0 Å². The van der Waals surface area contributed by atoms with Gasteiger partial charge in [0.05, 0.1) is 5.69 Å². The lowest BCUT2D eigenvalue weighted by Crippen LogP contribution is -2.09. The molecule has 0 aliphatic heterocycles. The molecule has 3 aliphatic carbocycles. The summed E-state index contributed by atoms with van der Waals surface area (Å²) in [5.41, 5.74) is 12.5. The van der Waals surface area contributed by atoms with Crippen LogP contribution in [0.1, 0.15) is 48.6 Å². The van der Waals surface area contributed by atoms with Crippen molar-refractivity contribution in [3.8, 4) is 0 Å². The first-order chi connectivity index (χ1) is 12.6. The lowest BCUT2D eigenvalue weighted by atomic mass is 9.81. The van der Waals surface area contributed by atoms with Crippen LogP contribution in [0, 0.1) is 0 Å². The summed E-state index contributed by atoms with van der Waals surface area (Å²) in [5.74, 6) is 0.396. The van der Waals surface area contributed by atoms with Gasteiger partial charge in [0.15, 0.2) is 0 Å². The van der Waals surface area contributed by atoms with Crippen LogP contribution in [0.3, 0.4) is 0 Å². The highest BCUT2D eigenvalue weighted by Crippen LogP contribution is 2.47. The lowest BCUT2D eigenvalue weighted by molar-refractivity contribution is 0.878. The number of benzene rings is 1. The largest absolute Gasteiger partial charge is 0.241 e. The molecule has 0 fully saturated rings. The van der Waals surface area contributed by atoms with E-state index in [1.807, 2.05) is 6.07 Å². The van der Waals surface area contributed by atoms with Crippen molar-refractivity contribution in [2.24, 2.45) is 0 Å². The Balaban J connectivity index is 1.51. The second-order valence-corrected chi connectivity index (χ2v) is 8.32. The number of aromatic nitrogens is 1. The zero-order valence-corrected chi connectivity index (χ0v) is 16.6. The molecule has 0 N–H and O–H groups in total. The molecule has 1 atom stereocenters. The Morgan fingerprint density at radius 2 is 1.92 bits per heavy atom. The summed E-state index contributed by atoms with van der Waals surface area (Å²) in [7, 11) is 0. The monoisotopic (exact) mass is 401 g/mol. The summed E-state index contributed by atoms with van der Waals surface area (Å²) in [6.07, 6.45) is 9.16. The van der Waals surface area contributed by atoms with Gasteiger partial charge >= 0.3 is 0 Å². The van der Waals surface area contributed by atoms with Gasteiger partial charge < -0.3 is 0 Å². The summed E-state index contributed by atoms with van der Waals surface area (Å²) in [5, 5.41) is 0. The molecule has 0 bridgehead atoms. The molecule has 1 aromatic heterocycles. The molecular weight excluding hydrogens is 382 g/mol. The van der Waals surface area contributed by atoms with Gasteiger partial charge in [-0.05, 0) is 86.8 Å². The molecule has 1 nitrogen and oxygen atoms in total. The summed E-state index contributed by atoms with van der Waals surface area (Å²) in [6.45, 7) is 4.55. The molecule has 1 unspecified atom stereocenters. The summed E-state index contributed by atoms with van der Waals surface area (Å²) in [6, 6.07) is 13.0. The highest BCUT2D eigenvalue weighted by atomic mass is 79.9. The predicted octanol–water partition coefficient (Wildman–Crippen LogP) is 6.63. The van der Waals surface area contributed by atoms with Gasteiger partial charge in [0.1, 0.15) is 4.60 Å². The first kappa shape index (κ1) is 16.0. The van der Waals surface area contributed by atoms with Gasteiger partial charge in [0.25, 0.3) is 0 Å². The molecule has 0 spiro atoms. The fourth-order valence-corrected chi connectivity index (χ4v) is 4.81. The fourth-order valence-electron chi connectivity index (χ4n) is 4.49. The summed E-state index contributed by atoms with van der Waals surface area (Å²) in [4.78, 5) is 4.72. The third-order valence-corrected chi connectivity index (χ3v) is 6.30. The quantitative estimate of drug-likeness (QED) is 0.514. The van der Waals surface area contributed by atoms with Crippen LogP contribution >= 0.6 is 15.9 Å². The van der Waals surface area contributed by atoms with E-state index in [0.29, 0.717) is 5.92 Å². The Bertz CT molecular complexity index is 1070. The van der Waals surface area contributed by atoms with Gasteiger partial charge in [-0.25, -0.2) is 4.98 Å². The van der Waals surface area contributed by atoms with Crippen molar-refractivity contribution in [1.29, 1.82) is 0 Å². The van der Waals surface area contributed by atoms with Crippen LogP contribution in [0.5, 0.6) is 0 Å². The number of pyridine rings is 1. The van der Waals surface area contributed by atoms with Crippen LogP contribution in [0.25, 0.3) is 12.2 Å². The molecule has 1 aromatic carbocycles. The maximum absolute atomic E-state index is 4.72. The molecule has 0 saturated carbocycles. The highest BCUT2D eigenvalue weighted by Gasteiger charge is 2.30. The van der Waals surface area contributed by atoms with Crippen molar-refractivity contribution < 1.29 is 0 Å². The number of fused-ring (bicyclic) bond motifs is 3. The molecule has 128 valence electrons. The minimum atomic E-state index is 0.396. The summed E-state index contributed by atoms with van der Waals surface area (Å²) >= 11 is 3.52. The van der Waals surface area contributed by atoms with Crippen LogP contribution in [0.15, 0.2) is 74.9 Å². The first-order valence-electron chi connectivity index (χ1n) is 9.18. The van der Waals surface area contributed by atoms with Crippen molar-refractivity contribution >= 4 is 28.1 Å². The van der Waals surface area contributed by atoms with Gasteiger partial charge in [-0.2, -0.15) is 0 Å². The second kappa shape index (κ2) is 5.92. The third-order valence-electron chi connectivity index (χ3n) is 5.86. The van der Waals surface area contributed by atoms with E-state index in [4.69, 9.17) is 4.98 Å². The van der Waals surface area contributed by atoms with Crippen LogP contribution in [0.4, 0.5) is 0 Å². The zero-order valence-electron chi connectivity index (χ0n) is 15.0. The predicted molar refractivity (Wildman–Crippen MR) is 112 cm³/mol. The van der Waals surface area contributed by atoms with Crippen LogP contribution in [0.2, 0.25) is 0 Å². The van der Waals surface area contributed by atoms with Gasteiger partial charge in [-0.1, -0.05) is 55.0 Å². The van der Waals surface area contributed by atoms with E-state index in [0.717, 1.165) is 23.1 Å². The summed E-state index contributed by atoms with van der Waals surface area (Å²) < 4.78 is 0.905. The maximum atomic E-state index is 4.72. The normalized spacial score (nSPS) is 20.3. The first-order valence-corrected chi connectivity index (χ1v) is 9.97. The number of halogens is 1. The van der Waals surface area contributed by atoms with E-state index in [1.54, 1.807) is 0 Å². The van der Waals surface area contributed by atoms with Crippen molar-refractivity contribution in [3.05, 3.63) is 97.3 Å². The molecule has 3 aliphatic rings. The minimum Gasteiger partial charge on any atom is -0.241 e. The molecule has 0 amide bonds. The number of hydrogen-bond donors (Lipinski definition) is 0. The van der Waals surface area contributed by atoms with E-state index < -0.39 is 0 Å². The van der Waals surface area contributed by atoms with Crippen molar-refractivity contribution in [2.45, 2.75) is 32.6 Å². The van der Waals surface area contributed by atoms with E-state index >= 15 is 0 Å². The van der Waals surface area contributed by atoms with Gasteiger partial charge in [0, 0.05) is 5.92 Å². The van der Waals surface area contributed by atoms with E-state index in [2.05, 4.69) is 78.3 Å². The SMILES string of the molecule is CC1=C(CC2=Cc3ccccc3C2)C2=Cc3nc(Br)ccc3C(C)C2=C1. The second-order valence-electron chi connectivity index (χ2n) is 7.50. The van der Waals surface area contributed by atoms with E-state index in [1.165, 1.54) is 44.6 Å². The molecule has 2 aromatic rings. The lowest BCUT2D eigenvalue weighted by Gasteiger charge is -2.24. The van der Waals surface area contributed by atoms with Crippen LogP contribution in [-0.4, -0.2) is 4.98 Å². The van der Waals surface area contributed by atoms with Gasteiger partial charge in [0.2, 0.25) is 0 Å². The van der Waals surface area contributed by atoms with Crippen LogP contribution in [-0.2, 0) is 6.42 Å². The Morgan fingerprint density at radius 1 is 1.08 bits per heavy atom. The highest BCUT2D eigenvalue weighted by molar-refractivity contribution is 9.10. The van der Waals surface area contributed by atoms with Gasteiger partial charge in [-0.15, -0.1) is 0 Å². The molecule has 2 heteroatoms. The van der Waals surface area contributed by atoms with Gasteiger partial charge in [-0.3, -0.25) is 0 Å². The molecule has 0 radical (unpaired) electrons. The molecule has 1 heterocycles. The van der Waals surface area contributed by atoms with E-state index in [-0.39, 0.29) is 0 Å². The van der Waals surface area contributed by atoms with Crippen molar-refractivity contribution in [1.82, 2.24) is 4.98 Å². The Kier molecular flexibility index (Phi) is 3.65. The fraction of sp³-hybridized carbons (Fsp3) is 0.208. The zero-order chi connectivity index (χ0) is 17.8. The number of allylic oxidation sites excluding steroid dienone is 6. The topological polar surface area (TPSA) is 12.9 Å². The standard InChI is InChI=1S/C24H20BrN/c1-14-9-21-15(2)19-7-8-24(25)26-23(19)13-22(21)20(14)12-16-10-17-5-3-4-6-18(17)11-16/h3-10,13,15H,11-12H2,1-2H3. The Labute approximate surface area is 163 Å². The number of nitrogens with zero attached hydrogens (tertiary/aromatic N) is 1. The van der Waals surface area contributed by atoms with Crippen molar-refractivity contribution in [3.63, 3.8) is 0 Å².